The van der Waals surface area contributed by atoms with Crippen molar-refractivity contribution in [3.8, 4) is 0 Å². The van der Waals surface area contributed by atoms with E-state index in [1.807, 2.05) is 0 Å². The van der Waals surface area contributed by atoms with Gasteiger partial charge in [-0.2, -0.15) is 0 Å². The minimum Gasteiger partial charge on any atom is -0.462 e. The van der Waals surface area contributed by atoms with Crippen LogP contribution in [0, 0.1) is 0 Å². The van der Waals surface area contributed by atoms with Crippen LogP contribution in [0.4, 0.5) is 5.69 Å². The number of amides is 1. The van der Waals surface area contributed by atoms with Crippen LogP contribution >= 0.6 is 11.6 Å². The van der Waals surface area contributed by atoms with Gasteiger partial charge in [-0.1, -0.05) is 35.9 Å². The lowest BCUT2D eigenvalue weighted by Crippen LogP contribution is -2.27. The SMILES string of the molecule is COC(=O)C(=O)Nc1ccc(Cl)c2c1C(=O)c1ccccc1C2=O. The summed E-state index contributed by atoms with van der Waals surface area (Å²) in [6, 6.07) is 9.07. The number of rotatable bonds is 1. The largest absolute Gasteiger partial charge is 0.462 e. The molecule has 0 aliphatic heterocycles. The van der Waals surface area contributed by atoms with Crippen molar-refractivity contribution < 1.29 is 23.9 Å². The molecule has 120 valence electrons. The van der Waals surface area contributed by atoms with E-state index in [1.165, 1.54) is 24.3 Å². The third-order valence-electron chi connectivity index (χ3n) is 3.64. The van der Waals surface area contributed by atoms with Gasteiger partial charge in [-0.3, -0.25) is 14.4 Å². The number of hydrogen-bond donors (Lipinski definition) is 1. The Morgan fingerprint density at radius 2 is 1.54 bits per heavy atom. The van der Waals surface area contributed by atoms with E-state index >= 15 is 0 Å². The van der Waals surface area contributed by atoms with Crippen LogP contribution in [-0.4, -0.2) is 30.6 Å². The fourth-order valence-electron chi connectivity index (χ4n) is 2.55. The Labute approximate surface area is 141 Å². The minimum absolute atomic E-state index is 0.00281. The molecule has 0 aromatic heterocycles. The fraction of sp³-hybridized carbons (Fsp3) is 0.0588. The van der Waals surface area contributed by atoms with Crippen LogP contribution in [0.5, 0.6) is 0 Å². The first kappa shape index (κ1) is 15.9. The summed E-state index contributed by atoms with van der Waals surface area (Å²) in [4.78, 5) is 48.4. The normalized spacial score (nSPS) is 12.2. The lowest BCUT2D eigenvalue weighted by atomic mass is 9.83. The second-order valence-electron chi connectivity index (χ2n) is 4.99. The summed E-state index contributed by atoms with van der Waals surface area (Å²) in [6.45, 7) is 0. The first-order valence-electron chi connectivity index (χ1n) is 6.86. The monoisotopic (exact) mass is 343 g/mol. The maximum atomic E-state index is 12.8. The third-order valence-corrected chi connectivity index (χ3v) is 3.96. The highest BCUT2D eigenvalue weighted by molar-refractivity contribution is 6.41. The van der Waals surface area contributed by atoms with Crippen molar-refractivity contribution in [3.05, 3.63) is 63.7 Å². The first-order chi connectivity index (χ1) is 11.5. The molecule has 0 radical (unpaired) electrons. The van der Waals surface area contributed by atoms with Gasteiger partial charge in [-0.05, 0) is 12.1 Å². The van der Waals surface area contributed by atoms with Crippen molar-refractivity contribution in [1.29, 1.82) is 0 Å². The molecule has 3 rings (SSSR count). The van der Waals surface area contributed by atoms with E-state index < -0.39 is 23.4 Å². The Hall–Kier alpha value is -2.99. The number of esters is 1. The maximum Gasteiger partial charge on any atom is 0.396 e. The Balaban J connectivity index is 2.17. The van der Waals surface area contributed by atoms with Crippen molar-refractivity contribution in [2.45, 2.75) is 0 Å². The molecule has 0 saturated heterocycles. The predicted molar refractivity (Wildman–Crippen MR) is 85.4 cm³/mol. The number of methoxy groups -OCH3 is 1. The number of hydrogen-bond acceptors (Lipinski definition) is 5. The van der Waals surface area contributed by atoms with Crippen molar-refractivity contribution in [2.24, 2.45) is 0 Å². The lowest BCUT2D eigenvalue weighted by molar-refractivity contribution is -0.150. The summed E-state index contributed by atoms with van der Waals surface area (Å²) in [6.07, 6.45) is 0. The summed E-state index contributed by atoms with van der Waals surface area (Å²) < 4.78 is 4.33. The molecule has 0 atom stereocenters. The zero-order chi connectivity index (χ0) is 17.4. The van der Waals surface area contributed by atoms with Crippen LogP contribution in [0.15, 0.2) is 36.4 Å². The number of ether oxygens (including phenoxy) is 1. The molecular weight excluding hydrogens is 334 g/mol. The van der Waals surface area contributed by atoms with Gasteiger partial charge in [0.2, 0.25) is 0 Å². The molecule has 24 heavy (non-hydrogen) atoms. The molecule has 0 spiro atoms. The molecule has 2 aromatic rings. The molecule has 1 N–H and O–H groups in total. The zero-order valence-electron chi connectivity index (χ0n) is 12.4. The smallest absolute Gasteiger partial charge is 0.396 e. The van der Waals surface area contributed by atoms with E-state index in [4.69, 9.17) is 11.6 Å². The molecule has 7 heteroatoms. The molecule has 0 fully saturated rings. The number of ketones is 2. The summed E-state index contributed by atoms with van der Waals surface area (Å²) in [5.41, 5.74) is 0.448. The number of carbonyl (C=O) groups excluding carboxylic acids is 4. The quantitative estimate of drug-likeness (QED) is 0.540. The molecule has 0 bridgehead atoms. The van der Waals surface area contributed by atoms with Gasteiger partial charge in [-0.15, -0.1) is 0 Å². The summed E-state index contributed by atoms with van der Waals surface area (Å²) in [7, 11) is 1.06. The average molecular weight is 344 g/mol. The van der Waals surface area contributed by atoms with E-state index in [2.05, 4.69) is 10.1 Å². The Kier molecular flexibility index (Phi) is 3.91. The van der Waals surface area contributed by atoms with Gasteiger partial charge < -0.3 is 10.1 Å². The highest BCUT2D eigenvalue weighted by atomic mass is 35.5. The molecule has 2 aromatic carbocycles. The van der Waals surface area contributed by atoms with E-state index in [1.54, 1.807) is 12.1 Å². The Morgan fingerprint density at radius 3 is 2.12 bits per heavy atom. The second kappa shape index (κ2) is 5.90. The summed E-state index contributed by atoms with van der Waals surface area (Å²) >= 11 is 6.09. The second-order valence-corrected chi connectivity index (χ2v) is 5.40. The maximum absolute atomic E-state index is 12.8. The van der Waals surface area contributed by atoms with Gasteiger partial charge in [0.1, 0.15) is 0 Å². The number of fused-ring (bicyclic) bond motifs is 2. The molecule has 1 aliphatic rings. The van der Waals surface area contributed by atoms with Gasteiger partial charge in [0, 0.05) is 11.1 Å². The van der Waals surface area contributed by atoms with Gasteiger partial charge in [-0.25, -0.2) is 4.79 Å². The van der Waals surface area contributed by atoms with Crippen LogP contribution in [0.3, 0.4) is 0 Å². The molecule has 0 unspecified atom stereocenters. The topological polar surface area (TPSA) is 89.5 Å². The van der Waals surface area contributed by atoms with Crippen molar-refractivity contribution in [2.75, 3.05) is 12.4 Å². The van der Waals surface area contributed by atoms with Crippen molar-refractivity contribution in [3.63, 3.8) is 0 Å². The van der Waals surface area contributed by atoms with Crippen LogP contribution in [0.2, 0.25) is 5.02 Å². The van der Waals surface area contributed by atoms with Gasteiger partial charge in [0.05, 0.1) is 28.9 Å². The van der Waals surface area contributed by atoms with E-state index in [0.29, 0.717) is 0 Å². The van der Waals surface area contributed by atoms with Crippen molar-refractivity contribution in [1.82, 2.24) is 0 Å². The van der Waals surface area contributed by atoms with Crippen LogP contribution in [0.25, 0.3) is 0 Å². The average Bonchev–Trinajstić information content (AvgIpc) is 2.60. The van der Waals surface area contributed by atoms with Crippen LogP contribution in [0.1, 0.15) is 31.8 Å². The summed E-state index contributed by atoms with van der Waals surface area (Å²) in [5, 5.41) is 2.38. The van der Waals surface area contributed by atoms with Gasteiger partial charge in [0.25, 0.3) is 0 Å². The predicted octanol–water partition coefficient (Wildman–Crippen LogP) is 2.23. The van der Waals surface area contributed by atoms with Gasteiger partial charge in [0.15, 0.2) is 11.6 Å². The number of benzene rings is 2. The molecule has 6 nitrogen and oxygen atoms in total. The molecular formula is C17H10ClNO5. The molecule has 0 saturated carbocycles. The Bertz CT molecular complexity index is 919. The lowest BCUT2D eigenvalue weighted by Gasteiger charge is -2.21. The highest BCUT2D eigenvalue weighted by Crippen LogP contribution is 2.36. The standard InChI is InChI=1S/C17H10ClNO5/c1-24-17(23)16(22)19-11-7-6-10(18)12-13(11)15(21)9-5-3-2-4-8(9)14(12)20/h2-7H,1H3,(H,19,22). The first-order valence-corrected chi connectivity index (χ1v) is 7.23. The number of nitrogens with one attached hydrogen (secondary N) is 1. The number of anilines is 1. The van der Waals surface area contributed by atoms with E-state index in [9.17, 15) is 19.2 Å². The number of carbonyl (C=O) groups is 4. The third kappa shape index (κ3) is 2.37. The summed E-state index contributed by atoms with van der Waals surface area (Å²) in [5.74, 6) is -3.04. The van der Waals surface area contributed by atoms with E-state index in [-0.39, 0.29) is 33.0 Å². The highest BCUT2D eigenvalue weighted by Gasteiger charge is 2.34. The van der Waals surface area contributed by atoms with Crippen molar-refractivity contribution >= 4 is 40.7 Å². The minimum atomic E-state index is -1.12. The molecule has 1 aliphatic carbocycles. The zero-order valence-corrected chi connectivity index (χ0v) is 13.1. The number of halogens is 1. The molecule has 1 amide bonds. The molecule has 0 heterocycles. The van der Waals surface area contributed by atoms with E-state index in [0.717, 1.165) is 7.11 Å². The van der Waals surface area contributed by atoms with Gasteiger partial charge >= 0.3 is 11.9 Å². The van der Waals surface area contributed by atoms with Crippen LogP contribution < -0.4 is 5.32 Å². The Morgan fingerprint density at radius 1 is 0.958 bits per heavy atom. The van der Waals surface area contributed by atoms with Crippen LogP contribution in [-0.2, 0) is 14.3 Å². The fourth-order valence-corrected chi connectivity index (χ4v) is 2.80.